The SMILES string of the molecule is COc1ccc(Cl)c(/C(O)=C2\C(=O)C(=O)N(c3cc(C)ccc3C)C2c2ccncc2)c1. The van der Waals surface area contributed by atoms with Crippen molar-refractivity contribution in [3.8, 4) is 5.75 Å². The summed E-state index contributed by atoms with van der Waals surface area (Å²) in [5, 5.41) is 11.5. The molecule has 32 heavy (non-hydrogen) atoms. The van der Waals surface area contributed by atoms with Gasteiger partial charge in [-0.3, -0.25) is 19.5 Å². The number of hydrogen-bond donors (Lipinski definition) is 1. The predicted molar refractivity (Wildman–Crippen MR) is 123 cm³/mol. The van der Waals surface area contributed by atoms with Crippen LogP contribution in [0.1, 0.15) is 28.3 Å². The molecule has 0 aliphatic carbocycles. The van der Waals surface area contributed by atoms with E-state index < -0.39 is 17.7 Å². The topological polar surface area (TPSA) is 79.7 Å². The molecule has 2 aromatic carbocycles. The molecule has 0 bridgehead atoms. The van der Waals surface area contributed by atoms with Crippen molar-refractivity contribution in [3.05, 3.63) is 93.8 Å². The largest absolute Gasteiger partial charge is 0.507 e. The third kappa shape index (κ3) is 3.63. The van der Waals surface area contributed by atoms with Gasteiger partial charge in [0.2, 0.25) is 0 Å². The molecule has 162 valence electrons. The van der Waals surface area contributed by atoms with Crippen molar-refractivity contribution >= 4 is 34.7 Å². The molecule has 2 heterocycles. The Bertz CT molecular complexity index is 1250. The van der Waals surface area contributed by atoms with Gasteiger partial charge in [-0.1, -0.05) is 23.7 Å². The zero-order valence-corrected chi connectivity index (χ0v) is 18.6. The van der Waals surface area contributed by atoms with Crippen LogP contribution in [0.3, 0.4) is 0 Å². The van der Waals surface area contributed by atoms with E-state index in [2.05, 4.69) is 4.98 Å². The summed E-state index contributed by atoms with van der Waals surface area (Å²) in [6.45, 7) is 3.79. The Balaban J connectivity index is 2.00. The molecule has 1 atom stereocenters. The minimum Gasteiger partial charge on any atom is -0.507 e. The van der Waals surface area contributed by atoms with E-state index in [4.69, 9.17) is 16.3 Å². The normalized spacial score (nSPS) is 17.6. The van der Waals surface area contributed by atoms with Gasteiger partial charge in [0.25, 0.3) is 11.7 Å². The molecule has 4 rings (SSSR count). The molecule has 7 heteroatoms. The van der Waals surface area contributed by atoms with E-state index >= 15 is 0 Å². The number of ketones is 1. The van der Waals surface area contributed by atoms with Crippen molar-refractivity contribution in [2.24, 2.45) is 0 Å². The number of Topliss-reactive ketones (excluding diaryl/α,β-unsaturated/α-hetero) is 1. The average Bonchev–Trinajstić information content (AvgIpc) is 3.06. The van der Waals surface area contributed by atoms with Gasteiger partial charge in [0.15, 0.2) is 0 Å². The van der Waals surface area contributed by atoms with Crippen LogP contribution in [0.25, 0.3) is 5.76 Å². The Kier molecular flexibility index (Phi) is 5.72. The van der Waals surface area contributed by atoms with Gasteiger partial charge in [0.1, 0.15) is 11.5 Å². The number of aliphatic hydroxyl groups is 1. The molecular formula is C25H21ClN2O4. The molecule has 1 aliphatic heterocycles. The molecule has 1 N–H and O–H groups in total. The summed E-state index contributed by atoms with van der Waals surface area (Å²) >= 11 is 6.33. The first kappa shape index (κ1) is 21.6. The summed E-state index contributed by atoms with van der Waals surface area (Å²) in [5.74, 6) is -1.41. The fraction of sp³-hybridized carbons (Fsp3) is 0.160. The van der Waals surface area contributed by atoms with E-state index in [0.29, 0.717) is 17.0 Å². The van der Waals surface area contributed by atoms with E-state index in [0.717, 1.165) is 11.1 Å². The minimum atomic E-state index is -0.847. The summed E-state index contributed by atoms with van der Waals surface area (Å²) in [6.07, 6.45) is 3.16. The van der Waals surface area contributed by atoms with Crippen LogP contribution >= 0.6 is 11.6 Å². The molecule has 1 unspecified atom stereocenters. The highest BCUT2D eigenvalue weighted by molar-refractivity contribution is 6.52. The maximum Gasteiger partial charge on any atom is 0.300 e. The molecular weight excluding hydrogens is 428 g/mol. The van der Waals surface area contributed by atoms with E-state index in [1.165, 1.54) is 18.1 Å². The number of aliphatic hydroxyl groups excluding tert-OH is 1. The first-order valence-corrected chi connectivity index (χ1v) is 10.3. The first-order valence-electron chi connectivity index (χ1n) is 9.95. The van der Waals surface area contributed by atoms with Crippen molar-refractivity contribution < 1.29 is 19.4 Å². The number of methoxy groups -OCH3 is 1. The second-order valence-electron chi connectivity index (χ2n) is 7.59. The van der Waals surface area contributed by atoms with Crippen LogP contribution in [0.2, 0.25) is 5.02 Å². The fourth-order valence-corrected chi connectivity index (χ4v) is 4.09. The lowest BCUT2D eigenvalue weighted by atomic mass is 9.95. The monoisotopic (exact) mass is 448 g/mol. The number of amides is 1. The Labute approximate surface area is 190 Å². The van der Waals surface area contributed by atoms with Crippen molar-refractivity contribution in [2.45, 2.75) is 19.9 Å². The zero-order valence-electron chi connectivity index (χ0n) is 17.8. The van der Waals surface area contributed by atoms with E-state index in [9.17, 15) is 14.7 Å². The molecule has 1 fully saturated rings. The number of rotatable bonds is 4. The summed E-state index contributed by atoms with van der Waals surface area (Å²) in [6, 6.07) is 13.0. The van der Waals surface area contributed by atoms with Crippen LogP contribution in [-0.4, -0.2) is 28.9 Å². The number of ether oxygens (including phenoxy) is 1. The second kappa shape index (κ2) is 8.48. The third-order valence-corrected chi connectivity index (χ3v) is 5.85. The summed E-state index contributed by atoms with van der Waals surface area (Å²) in [5.41, 5.74) is 3.18. The molecule has 1 aliphatic rings. The van der Waals surface area contributed by atoms with Crippen LogP contribution in [0.5, 0.6) is 5.75 Å². The highest BCUT2D eigenvalue weighted by Gasteiger charge is 2.47. The minimum absolute atomic E-state index is 0.0442. The Morgan fingerprint density at radius 2 is 1.78 bits per heavy atom. The predicted octanol–water partition coefficient (Wildman–Crippen LogP) is 4.99. The number of nitrogens with zero attached hydrogens (tertiary/aromatic N) is 2. The number of pyridine rings is 1. The lowest BCUT2D eigenvalue weighted by Gasteiger charge is -2.27. The summed E-state index contributed by atoms with van der Waals surface area (Å²) in [7, 11) is 1.49. The van der Waals surface area contributed by atoms with Gasteiger partial charge >= 0.3 is 0 Å². The van der Waals surface area contributed by atoms with Gasteiger partial charge in [0.05, 0.1) is 23.7 Å². The number of hydrogen-bond acceptors (Lipinski definition) is 5. The Morgan fingerprint density at radius 3 is 2.47 bits per heavy atom. The molecule has 0 spiro atoms. The van der Waals surface area contributed by atoms with Crippen LogP contribution in [-0.2, 0) is 9.59 Å². The smallest absolute Gasteiger partial charge is 0.300 e. The number of benzene rings is 2. The number of anilines is 1. The van der Waals surface area contributed by atoms with Gasteiger partial charge in [-0.05, 0) is 66.9 Å². The summed E-state index contributed by atoms with van der Waals surface area (Å²) < 4.78 is 5.24. The quantitative estimate of drug-likeness (QED) is 0.345. The maximum absolute atomic E-state index is 13.3. The molecule has 0 saturated carbocycles. The van der Waals surface area contributed by atoms with E-state index in [-0.39, 0.29) is 21.9 Å². The maximum atomic E-state index is 13.3. The molecule has 3 aromatic rings. The molecule has 1 amide bonds. The summed E-state index contributed by atoms with van der Waals surface area (Å²) in [4.78, 5) is 32.0. The second-order valence-corrected chi connectivity index (χ2v) is 7.99. The number of aromatic nitrogens is 1. The average molecular weight is 449 g/mol. The lowest BCUT2D eigenvalue weighted by molar-refractivity contribution is -0.132. The van der Waals surface area contributed by atoms with Crippen LogP contribution in [0.15, 0.2) is 66.5 Å². The first-order chi connectivity index (χ1) is 15.3. The Morgan fingerprint density at radius 1 is 1.06 bits per heavy atom. The number of aryl methyl sites for hydroxylation is 2. The van der Waals surface area contributed by atoms with Gasteiger partial charge in [-0.15, -0.1) is 0 Å². The highest BCUT2D eigenvalue weighted by atomic mass is 35.5. The molecule has 6 nitrogen and oxygen atoms in total. The highest BCUT2D eigenvalue weighted by Crippen LogP contribution is 2.44. The molecule has 1 aromatic heterocycles. The zero-order chi connectivity index (χ0) is 23.0. The van der Waals surface area contributed by atoms with Crippen molar-refractivity contribution in [1.82, 2.24) is 4.98 Å². The standard InChI is InChI=1S/C25H21ClN2O4/c1-14-4-5-15(2)20(12-14)28-22(16-8-10-27-11-9-16)21(24(30)25(28)31)23(29)18-13-17(32-3)6-7-19(18)26/h4-13,22,29H,1-3H3/b23-21+. The molecule has 0 radical (unpaired) electrons. The fourth-order valence-electron chi connectivity index (χ4n) is 3.88. The van der Waals surface area contributed by atoms with Gasteiger partial charge in [-0.25, -0.2) is 0 Å². The van der Waals surface area contributed by atoms with Gasteiger partial charge in [0, 0.05) is 23.6 Å². The van der Waals surface area contributed by atoms with Crippen LogP contribution in [0, 0.1) is 13.8 Å². The van der Waals surface area contributed by atoms with E-state index in [1.807, 2.05) is 32.0 Å². The van der Waals surface area contributed by atoms with Crippen molar-refractivity contribution in [1.29, 1.82) is 0 Å². The Hall–Kier alpha value is -3.64. The van der Waals surface area contributed by atoms with Gasteiger partial charge in [-0.2, -0.15) is 0 Å². The number of carbonyl (C=O) groups is 2. The lowest BCUT2D eigenvalue weighted by Crippen LogP contribution is -2.30. The number of carbonyl (C=O) groups excluding carboxylic acids is 2. The van der Waals surface area contributed by atoms with E-state index in [1.54, 1.807) is 36.7 Å². The number of halogens is 1. The van der Waals surface area contributed by atoms with Crippen LogP contribution < -0.4 is 9.64 Å². The third-order valence-electron chi connectivity index (χ3n) is 5.52. The van der Waals surface area contributed by atoms with Crippen molar-refractivity contribution in [2.75, 3.05) is 12.0 Å². The van der Waals surface area contributed by atoms with Crippen molar-refractivity contribution in [3.63, 3.8) is 0 Å². The van der Waals surface area contributed by atoms with Gasteiger partial charge < -0.3 is 9.84 Å². The molecule has 1 saturated heterocycles. The van der Waals surface area contributed by atoms with Crippen LogP contribution in [0.4, 0.5) is 5.69 Å².